The van der Waals surface area contributed by atoms with Crippen LogP contribution < -0.4 is 0 Å². The molecule has 1 aromatic rings. The van der Waals surface area contributed by atoms with Crippen LogP contribution in [0.2, 0.25) is 36.3 Å². The van der Waals surface area contributed by atoms with Gasteiger partial charge in [0.2, 0.25) is 0 Å². The van der Waals surface area contributed by atoms with Crippen LogP contribution in [0.5, 0.6) is 0 Å². The van der Waals surface area contributed by atoms with E-state index in [1.807, 2.05) is 12.2 Å². The zero-order chi connectivity index (χ0) is 29.3. The molecule has 38 heavy (non-hydrogen) atoms. The fourth-order valence-electron chi connectivity index (χ4n) is 3.77. The summed E-state index contributed by atoms with van der Waals surface area (Å²) in [6, 6.07) is 4.79. The maximum atomic E-state index is 14.1. The van der Waals surface area contributed by atoms with Crippen LogP contribution in [0.25, 0.3) is 0 Å². The molecule has 0 bridgehead atoms. The molecule has 0 spiro atoms. The highest BCUT2D eigenvalue weighted by atomic mass is 32.2. The number of nitro groups is 1. The average Bonchev–Trinajstić information content (AvgIpc) is 3.12. The van der Waals surface area contributed by atoms with Crippen molar-refractivity contribution in [1.82, 2.24) is 4.31 Å². The highest BCUT2D eigenvalue weighted by molar-refractivity contribution is 7.89. The molecule has 0 fully saturated rings. The molecule has 0 heterocycles. The minimum Gasteiger partial charge on any atom is -0.409 e. The van der Waals surface area contributed by atoms with Crippen LogP contribution in [0.4, 0.5) is 5.69 Å². The van der Waals surface area contributed by atoms with Gasteiger partial charge >= 0.3 is 0 Å². The predicted molar refractivity (Wildman–Crippen MR) is 159 cm³/mol. The number of para-hydroxylation sites is 1. The van der Waals surface area contributed by atoms with E-state index in [1.165, 1.54) is 28.6 Å². The number of hydrogen-bond acceptors (Lipinski definition) is 6. The van der Waals surface area contributed by atoms with Crippen molar-refractivity contribution in [2.24, 2.45) is 0 Å². The van der Waals surface area contributed by atoms with E-state index >= 15 is 0 Å². The standard InChI is InChI=1S/C27H46N2O6SSi2/c1-12-13-20-28(36(32,33)24-17-15-14-16-21(24)29(30)31)22-18-19-23(34-37(8,9)26(2,3)4)25(22)35-38(10,11)27(5,6)7/h12,14-19,22-23,25H,1,13,20H2,2-11H3/t22-,23-,25+/m1/s1. The van der Waals surface area contributed by atoms with Crippen LogP contribution in [0.1, 0.15) is 48.0 Å². The molecular weight excluding hydrogens is 537 g/mol. The van der Waals surface area contributed by atoms with E-state index in [4.69, 9.17) is 8.85 Å². The highest BCUT2D eigenvalue weighted by Crippen LogP contribution is 2.43. The summed E-state index contributed by atoms with van der Waals surface area (Å²) < 4.78 is 43.2. The van der Waals surface area contributed by atoms with Crippen molar-refractivity contribution in [2.45, 2.75) is 107 Å². The lowest BCUT2D eigenvalue weighted by molar-refractivity contribution is -0.387. The molecule has 0 amide bonds. The summed E-state index contributed by atoms with van der Waals surface area (Å²) in [4.78, 5) is 10.8. The molecule has 8 nitrogen and oxygen atoms in total. The lowest BCUT2D eigenvalue weighted by atomic mass is 10.2. The number of sulfonamides is 1. The van der Waals surface area contributed by atoms with E-state index in [0.29, 0.717) is 6.42 Å². The van der Waals surface area contributed by atoms with E-state index in [2.05, 4.69) is 74.3 Å². The molecule has 2 rings (SSSR count). The summed E-state index contributed by atoms with van der Waals surface area (Å²) in [6.45, 7) is 25.4. The van der Waals surface area contributed by atoms with Gasteiger partial charge in [0, 0.05) is 12.6 Å². The van der Waals surface area contributed by atoms with Crippen LogP contribution in [0, 0.1) is 10.1 Å². The summed E-state index contributed by atoms with van der Waals surface area (Å²) in [5.74, 6) is 0. The molecule has 0 radical (unpaired) electrons. The van der Waals surface area contributed by atoms with Crippen LogP contribution >= 0.6 is 0 Å². The molecule has 1 aliphatic rings. The van der Waals surface area contributed by atoms with Gasteiger partial charge in [0.05, 0.1) is 23.2 Å². The number of hydrogen-bond donors (Lipinski definition) is 0. The van der Waals surface area contributed by atoms with Crippen molar-refractivity contribution < 1.29 is 22.2 Å². The molecule has 0 N–H and O–H groups in total. The third-order valence-corrected chi connectivity index (χ3v) is 19.1. The van der Waals surface area contributed by atoms with Crippen molar-refractivity contribution in [3.05, 3.63) is 59.2 Å². The van der Waals surface area contributed by atoms with E-state index in [-0.39, 0.29) is 21.5 Å². The van der Waals surface area contributed by atoms with Gasteiger partial charge < -0.3 is 8.85 Å². The van der Waals surface area contributed by atoms with Gasteiger partial charge in [0.1, 0.15) is 0 Å². The molecule has 0 aliphatic heterocycles. The zero-order valence-electron chi connectivity index (χ0n) is 24.6. The summed E-state index contributed by atoms with van der Waals surface area (Å²) in [6.07, 6.45) is 4.75. The Bertz CT molecular complexity index is 1150. The first-order chi connectivity index (χ1) is 17.2. The Morgan fingerprint density at radius 2 is 1.53 bits per heavy atom. The first-order valence-electron chi connectivity index (χ1n) is 13.1. The van der Waals surface area contributed by atoms with Crippen molar-refractivity contribution in [2.75, 3.05) is 6.54 Å². The van der Waals surface area contributed by atoms with Gasteiger partial charge in [-0.1, -0.05) is 71.9 Å². The minimum atomic E-state index is -4.27. The van der Waals surface area contributed by atoms with Gasteiger partial charge in [0.25, 0.3) is 15.7 Å². The smallest absolute Gasteiger partial charge is 0.289 e. The summed E-state index contributed by atoms with van der Waals surface area (Å²) in [5.41, 5.74) is -0.450. The van der Waals surface area contributed by atoms with Gasteiger partial charge in [-0.25, -0.2) is 8.42 Å². The van der Waals surface area contributed by atoms with Crippen molar-refractivity contribution >= 4 is 32.3 Å². The van der Waals surface area contributed by atoms with E-state index < -0.39 is 55.5 Å². The van der Waals surface area contributed by atoms with E-state index in [0.717, 1.165) is 0 Å². The fraction of sp³-hybridized carbons (Fsp3) is 0.630. The Kier molecular flexibility index (Phi) is 9.82. The maximum Gasteiger partial charge on any atom is 0.289 e. The lowest BCUT2D eigenvalue weighted by Crippen LogP contribution is -2.56. The van der Waals surface area contributed by atoms with Crippen LogP contribution in [0.15, 0.2) is 54.0 Å². The first-order valence-corrected chi connectivity index (χ1v) is 20.3. The van der Waals surface area contributed by atoms with Crippen LogP contribution in [0.3, 0.4) is 0 Å². The predicted octanol–water partition coefficient (Wildman–Crippen LogP) is 6.88. The molecule has 0 unspecified atom stereocenters. The molecule has 214 valence electrons. The zero-order valence-corrected chi connectivity index (χ0v) is 27.5. The number of nitrogens with zero attached hydrogens (tertiary/aromatic N) is 2. The molecule has 3 atom stereocenters. The lowest BCUT2D eigenvalue weighted by Gasteiger charge is -2.45. The molecule has 1 aromatic carbocycles. The summed E-state index contributed by atoms with van der Waals surface area (Å²) >= 11 is 0. The summed E-state index contributed by atoms with van der Waals surface area (Å²) in [5, 5.41) is 11.6. The SMILES string of the molecule is C=CCCN([C@@H]1C=C[C@@H](O[Si](C)(C)C(C)(C)C)[C@H]1O[Si](C)(C)C(C)(C)C)S(=O)(=O)c1ccccc1[N+](=O)[O-]. The molecule has 1 aliphatic carbocycles. The minimum absolute atomic E-state index is 0.0558. The molecule has 0 saturated carbocycles. The monoisotopic (exact) mass is 582 g/mol. The molecule has 0 saturated heterocycles. The second kappa shape index (κ2) is 11.5. The Hall–Kier alpha value is -1.64. The van der Waals surface area contributed by atoms with Gasteiger partial charge in [0.15, 0.2) is 21.5 Å². The topological polar surface area (TPSA) is 99.0 Å². The summed E-state index contributed by atoms with van der Waals surface area (Å²) in [7, 11) is -8.89. The third-order valence-electron chi connectivity index (χ3n) is 8.17. The van der Waals surface area contributed by atoms with E-state index in [1.54, 1.807) is 6.08 Å². The van der Waals surface area contributed by atoms with Crippen molar-refractivity contribution in [1.29, 1.82) is 0 Å². The highest BCUT2D eigenvalue weighted by Gasteiger charge is 2.50. The number of benzene rings is 1. The Morgan fingerprint density at radius 3 is 2.03 bits per heavy atom. The van der Waals surface area contributed by atoms with E-state index in [9.17, 15) is 18.5 Å². The van der Waals surface area contributed by atoms with Gasteiger partial charge in [-0.05, 0) is 48.8 Å². The number of rotatable bonds is 11. The van der Waals surface area contributed by atoms with Crippen LogP contribution in [-0.2, 0) is 18.9 Å². The normalized spacial score (nSPS) is 21.2. The quantitative estimate of drug-likeness (QED) is 0.122. The average molecular weight is 583 g/mol. The van der Waals surface area contributed by atoms with Crippen molar-refractivity contribution in [3.63, 3.8) is 0 Å². The maximum absolute atomic E-state index is 14.1. The Labute approximate surface area is 231 Å². The second-order valence-electron chi connectivity index (χ2n) is 13.0. The van der Waals surface area contributed by atoms with Crippen molar-refractivity contribution in [3.8, 4) is 0 Å². The molecule has 11 heteroatoms. The van der Waals surface area contributed by atoms with Crippen LogP contribution in [-0.4, -0.2) is 59.1 Å². The third kappa shape index (κ3) is 6.92. The van der Waals surface area contributed by atoms with Gasteiger partial charge in [-0.15, -0.1) is 6.58 Å². The molecular formula is C27H46N2O6SSi2. The Balaban J connectivity index is 2.66. The Morgan fingerprint density at radius 1 is 1.00 bits per heavy atom. The van der Waals surface area contributed by atoms with Gasteiger partial charge in [-0.3, -0.25) is 10.1 Å². The molecule has 0 aromatic heterocycles. The fourth-order valence-corrected chi connectivity index (χ4v) is 8.09. The largest absolute Gasteiger partial charge is 0.409 e. The van der Waals surface area contributed by atoms with Gasteiger partial charge in [-0.2, -0.15) is 4.31 Å². The second-order valence-corrected chi connectivity index (χ2v) is 24.4. The number of nitro benzene ring substituents is 1. The first kappa shape index (κ1) is 32.6.